The van der Waals surface area contributed by atoms with Gasteiger partial charge >= 0.3 is 0 Å². The molecule has 0 radical (unpaired) electrons. The quantitative estimate of drug-likeness (QED) is 0.525. The van der Waals surface area contributed by atoms with Crippen LogP contribution in [-0.4, -0.2) is 37.6 Å². The van der Waals surface area contributed by atoms with Gasteiger partial charge in [0.2, 0.25) is 0 Å². The van der Waals surface area contributed by atoms with Crippen LogP contribution in [0.2, 0.25) is 0 Å². The number of nitrogens with zero attached hydrogens (tertiary/aromatic N) is 1. The molecule has 1 N–H and O–H groups in total. The zero-order valence-electron chi connectivity index (χ0n) is 19.1. The number of ether oxygens (including phenoxy) is 2. The van der Waals surface area contributed by atoms with Crippen LogP contribution in [0, 0.1) is 6.92 Å². The van der Waals surface area contributed by atoms with Gasteiger partial charge in [0.1, 0.15) is 16.4 Å². The van der Waals surface area contributed by atoms with E-state index in [4.69, 9.17) is 9.47 Å². The average Bonchev–Trinajstić information content (AvgIpc) is 2.83. The van der Waals surface area contributed by atoms with Gasteiger partial charge in [-0.2, -0.15) is 0 Å². The number of sulfonamides is 2. The molecule has 0 aromatic heterocycles. The summed E-state index contributed by atoms with van der Waals surface area (Å²) >= 11 is 0. The van der Waals surface area contributed by atoms with Crippen LogP contribution in [0.4, 0.5) is 11.4 Å². The normalized spacial score (nSPS) is 13.8. The molecular formula is C24H26N2O6S2. The highest BCUT2D eigenvalue weighted by atomic mass is 32.2. The van der Waals surface area contributed by atoms with Gasteiger partial charge < -0.3 is 9.47 Å². The SMILES string of the molecule is COc1ccc(S(=O)(=O)Nc2ccc3c(c2)N(S(=O)(=O)c2ccc(C)cc2)CCC3)c(OC)c1. The fraction of sp³-hybridized carbons (Fsp3) is 0.250. The molecule has 0 bridgehead atoms. The minimum atomic E-state index is -4.02. The van der Waals surface area contributed by atoms with Crippen molar-refractivity contribution >= 4 is 31.4 Å². The highest BCUT2D eigenvalue weighted by Gasteiger charge is 2.30. The van der Waals surface area contributed by atoms with Crippen LogP contribution in [0.3, 0.4) is 0 Å². The van der Waals surface area contributed by atoms with Gasteiger partial charge in [0.05, 0.1) is 30.5 Å². The van der Waals surface area contributed by atoms with E-state index in [1.165, 1.54) is 36.7 Å². The average molecular weight is 503 g/mol. The number of rotatable bonds is 7. The van der Waals surface area contributed by atoms with Gasteiger partial charge in [-0.05, 0) is 61.7 Å². The molecule has 0 saturated heterocycles. The Morgan fingerprint density at radius 2 is 1.62 bits per heavy atom. The van der Waals surface area contributed by atoms with E-state index < -0.39 is 20.0 Å². The lowest BCUT2D eigenvalue weighted by Crippen LogP contribution is -2.35. The number of anilines is 2. The molecule has 8 nitrogen and oxygen atoms in total. The van der Waals surface area contributed by atoms with Gasteiger partial charge in [-0.1, -0.05) is 23.8 Å². The van der Waals surface area contributed by atoms with Crippen molar-refractivity contribution < 1.29 is 26.3 Å². The minimum absolute atomic E-state index is 0.0577. The Morgan fingerprint density at radius 3 is 2.29 bits per heavy atom. The molecule has 180 valence electrons. The minimum Gasteiger partial charge on any atom is -0.497 e. The molecule has 0 atom stereocenters. The number of hydrogen-bond acceptors (Lipinski definition) is 6. The van der Waals surface area contributed by atoms with Crippen molar-refractivity contribution in [3.63, 3.8) is 0 Å². The van der Waals surface area contributed by atoms with Crippen molar-refractivity contribution in [1.82, 2.24) is 0 Å². The highest BCUT2D eigenvalue weighted by molar-refractivity contribution is 7.93. The van der Waals surface area contributed by atoms with E-state index >= 15 is 0 Å². The zero-order valence-corrected chi connectivity index (χ0v) is 20.7. The van der Waals surface area contributed by atoms with Crippen LogP contribution in [0.1, 0.15) is 17.5 Å². The molecule has 0 fully saturated rings. The molecule has 4 rings (SSSR count). The summed E-state index contributed by atoms with van der Waals surface area (Å²) in [6, 6.07) is 16.0. The first kappa shape index (κ1) is 23.9. The number of aryl methyl sites for hydroxylation is 2. The fourth-order valence-corrected chi connectivity index (χ4v) is 6.63. The summed E-state index contributed by atoms with van der Waals surface area (Å²) in [6.45, 7) is 2.20. The van der Waals surface area contributed by atoms with Gasteiger partial charge in [-0.15, -0.1) is 0 Å². The van der Waals surface area contributed by atoms with Gasteiger partial charge in [0.15, 0.2) is 0 Å². The topological polar surface area (TPSA) is 102 Å². The molecule has 1 heterocycles. The maximum Gasteiger partial charge on any atom is 0.265 e. The zero-order chi connectivity index (χ0) is 24.5. The Hall–Kier alpha value is -3.24. The van der Waals surface area contributed by atoms with E-state index in [2.05, 4.69) is 4.72 Å². The van der Waals surface area contributed by atoms with E-state index in [9.17, 15) is 16.8 Å². The molecule has 34 heavy (non-hydrogen) atoms. The Balaban J connectivity index is 1.70. The third kappa shape index (κ3) is 4.55. The number of benzene rings is 3. The summed E-state index contributed by atoms with van der Waals surface area (Å²) in [5, 5.41) is 0. The van der Waals surface area contributed by atoms with E-state index in [1.807, 2.05) is 6.92 Å². The Morgan fingerprint density at radius 1 is 0.882 bits per heavy atom. The highest BCUT2D eigenvalue weighted by Crippen LogP contribution is 2.36. The molecule has 0 spiro atoms. The first-order valence-corrected chi connectivity index (χ1v) is 13.6. The van der Waals surface area contributed by atoms with Crippen molar-refractivity contribution in [2.24, 2.45) is 0 Å². The second kappa shape index (κ2) is 9.19. The van der Waals surface area contributed by atoms with Crippen molar-refractivity contribution in [2.45, 2.75) is 29.6 Å². The van der Waals surface area contributed by atoms with Crippen molar-refractivity contribution in [3.8, 4) is 11.5 Å². The van der Waals surface area contributed by atoms with E-state index in [-0.39, 0.29) is 21.2 Å². The Labute approximate surface area is 200 Å². The molecule has 0 unspecified atom stereocenters. The second-order valence-electron chi connectivity index (χ2n) is 7.96. The first-order valence-electron chi connectivity index (χ1n) is 10.6. The summed E-state index contributed by atoms with van der Waals surface area (Å²) in [5.74, 6) is 0.593. The molecular weight excluding hydrogens is 476 g/mol. The van der Waals surface area contributed by atoms with Crippen molar-refractivity contribution in [3.05, 3.63) is 71.8 Å². The van der Waals surface area contributed by atoms with Crippen LogP contribution in [0.25, 0.3) is 0 Å². The maximum absolute atomic E-state index is 13.4. The Bertz CT molecular complexity index is 1420. The molecule has 3 aromatic carbocycles. The lowest BCUT2D eigenvalue weighted by Gasteiger charge is -2.31. The predicted molar refractivity (Wildman–Crippen MR) is 131 cm³/mol. The summed E-state index contributed by atoms with van der Waals surface area (Å²) in [7, 11) is -4.96. The van der Waals surface area contributed by atoms with Crippen LogP contribution < -0.4 is 18.5 Å². The molecule has 10 heteroatoms. The van der Waals surface area contributed by atoms with Crippen LogP contribution in [-0.2, 0) is 26.5 Å². The number of methoxy groups -OCH3 is 2. The monoisotopic (exact) mass is 502 g/mol. The van der Waals surface area contributed by atoms with Crippen LogP contribution >= 0.6 is 0 Å². The van der Waals surface area contributed by atoms with E-state index in [0.29, 0.717) is 30.8 Å². The lowest BCUT2D eigenvalue weighted by atomic mass is 10.0. The molecule has 0 aliphatic carbocycles. The Kier molecular flexibility index (Phi) is 6.46. The summed E-state index contributed by atoms with van der Waals surface area (Å²) in [5.41, 5.74) is 2.52. The number of hydrogen-bond donors (Lipinski definition) is 1. The smallest absolute Gasteiger partial charge is 0.265 e. The van der Waals surface area contributed by atoms with Crippen molar-refractivity contribution in [2.75, 3.05) is 29.8 Å². The van der Waals surface area contributed by atoms with Crippen LogP contribution in [0.15, 0.2) is 70.5 Å². The number of nitrogens with one attached hydrogen (secondary N) is 1. The number of fused-ring (bicyclic) bond motifs is 1. The first-order chi connectivity index (χ1) is 16.2. The summed E-state index contributed by atoms with van der Waals surface area (Å²) in [6.07, 6.45) is 1.38. The van der Waals surface area contributed by atoms with E-state index in [0.717, 1.165) is 11.1 Å². The predicted octanol–water partition coefficient (Wildman–Crippen LogP) is 3.95. The molecule has 3 aromatic rings. The standard InChI is InChI=1S/C24H26N2O6S2/c1-17-6-11-21(12-7-17)34(29,30)26-14-4-5-18-8-9-19(15-22(18)26)25-33(27,28)24-13-10-20(31-2)16-23(24)32-3/h6-13,15-16,25H,4-5,14H2,1-3H3. The summed E-state index contributed by atoms with van der Waals surface area (Å²) < 4.78 is 67.3. The molecule has 1 aliphatic heterocycles. The molecule has 0 amide bonds. The third-order valence-electron chi connectivity index (χ3n) is 5.68. The van der Waals surface area contributed by atoms with Gasteiger partial charge in [-0.25, -0.2) is 16.8 Å². The molecule has 1 aliphatic rings. The fourth-order valence-electron chi connectivity index (χ4n) is 3.90. The van der Waals surface area contributed by atoms with E-state index in [1.54, 1.807) is 42.5 Å². The maximum atomic E-state index is 13.4. The van der Waals surface area contributed by atoms with Crippen molar-refractivity contribution in [1.29, 1.82) is 0 Å². The molecule has 0 saturated carbocycles. The van der Waals surface area contributed by atoms with Gasteiger partial charge in [-0.3, -0.25) is 9.03 Å². The second-order valence-corrected chi connectivity index (χ2v) is 11.5. The third-order valence-corrected chi connectivity index (χ3v) is 8.93. The summed E-state index contributed by atoms with van der Waals surface area (Å²) in [4.78, 5) is 0.137. The van der Waals surface area contributed by atoms with Crippen LogP contribution in [0.5, 0.6) is 11.5 Å². The van der Waals surface area contributed by atoms with Gasteiger partial charge in [0.25, 0.3) is 20.0 Å². The lowest BCUT2D eigenvalue weighted by molar-refractivity contribution is 0.386. The largest absolute Gasteiger partial charge is 0.497 e. The van der Waals surface area contributed by atoms with Gasteiger partial charge in [0, 0.05) is 12.6 Å².